The number of hydrogen-bond acceptors (Lipinski definition) is 4. The van der Waals surface area contributed by atoms with Gasteiger partial charge in [0.05, 0.1) is 5.56 Å². The quantitative estimate of drug-likeness (QED) is 0.647. The Hall–Kier alpha value is -2.27. The van der Waals surface area contributed by atoms with Crippen LogP contribution in [0.2, 0.25) is 0 Å². The molecule has 2 aromatic carbocycles. The zero-order chi connectivity index (χ0) is 16.7. The SMILES string of the molecule is CCc1ccc(NC(=O)COC(=O)c2ccccc2SC)cc1. The molecule has 0 fully saturated rings. The highest BCUT2D eigenvalue weighted by Crippen LogP contribution is 2.20. The second-order valence-corrected chi connectivity index (χ2v) is 5.72. The van der Waals surface area contributed by atoms with Crippen molar-refractivity contribution in [3.63, 3.8) is 0 Å². The van der Waals surface area contributed by atoms with Crippen LogP contribution in [0.5, 0.6) is 0 Å². The number of thioether (sulfide) groups is 1. The number of rotatable bonds is 6. The van der Waals surface area contributed by atoms with Crippen LogP contribution in [0, 0.1) is 0 Å². The van der Waals surface area contributed by atoms with Crippen molar-refractivity contribution in [2.24, 2.45) is 0 Å². The molecule has 2 aromatic rings. The summed E-state index contributed by atoms with van der Waals surface area (Å²) in [5, 5.41) is 2.71. The molecule has 1 amide bonds. The summed E-state index contributed by atoms with van der Waals surface area (Å²) in [6, 6.07) is 14.7. The van der Waals surface area contributed by atoms with Gasteiger partial charge < -0.3 is 10.1 Å². The summed E-state index contributed by atoms with van der Waals surface area (Å²) in [5.41, 5.74) is 2.36. The van der Waals surface area contributed by atoms with Crippen LogP contribution in [0.15, 0.2) is 53.4 Å². The van der Waals surface area contributed by atoms with E-state index in [1.54, 1.807) is 12.1 Å². The molecule has 0 aliphatic heterocycles. The molecule has 0 aliphatic rings. The molecule has 0 unspecified atom stereocenters. The van der Waals surface area contributed by atoms with E-state index in [0.717, 1.165) is 11.3 Å². The first-order valence-corrected chi connectivity index (χ1v) is 8.55. The van der Waals surface area contributed by atoms with Gasteiger partial charge in [-0.1, -0.05) is 31.2 Å². The molecule has 5 heteroatoms. The number of benzene rings is 2. The van der Waals surface area contributed by atoms with Gasteiger partial charge in [-0.3, -0.25) is 4.79 Å². The van der Waals surface area contributed by atoms with Crippen LogP contribution < -0.4 is 5.32 Å². The van der Waals surface area contributed by atoms with Crippen molar-refractivity contribution in [3.05, 3.63) is 59.7 Å². The minimum Gasteiger partial charge on any atom is -0.452 e. The fourth-order valence-electron chi connectivity index (χ4n) is 2.04. The molecule has 1 N–H and O–H groups in total. The molecule has 0 saturated heterocycles. The van der Waals surface area contributed by atoms with E-state index >= 15 is 0 Å². The van der Waals surface area contributed by atoms with Crippen LogP contribution in [-0.2, 0) is 16.0 Å². The molecule has 23 heavy (non-hydrogen) atoms. The summed E-state index contributed by atoms with van der Waals surface area (Å²) in [7, 11) is 0. The summed E-state index contributed by atoms with van der Waals surface area (Å²) in [5.74, 6) is -0.851. The Morgan fingerprint density at radius 1 is 1.09 bits per heavy atom. The Bertz CT molecular complexity index is 683. The van der Waals surface area contributed by atoms with Gasteiger partial charge in [-0.15, -0.1) is 11.8 Å². The van der Waals surface area contributed by atoms with E-state index in [2.05, 4.69) is 12.2 Å². The Morgan fingerprint density at radius 2 is 1.78 bits per heavy atom. The third-order valence-corrected chi connectivity index (χ3v) is 4.10. The molecule has 4 nitrogen and oxygen atoms in total. The molecular formula is C18H19NO3S. The smallest absolute Gasteiger partial charge is 0.339 e. The second-order valence-electron chi connectivity index (χ2n) is 4.88. The van der Waals surface area contributed by atoms with Crippen molar-refractivity contribution < 1.29 is 14.3 Å². The van der Waals surface area contributed by atoms with Crippen molar-refractivity contribution in [1.82, 2.24) is 0 Å². The second kappa shape index (κ2) is 8.39. The summed E-state index contributed by atoms with van der Waals surface area (Å²) >= 11 is 1.46. The number of esters is 1. The molecule has 2 rings (SSSR count). The Kier molecular flexibility index (Phi) is 6.23. The summed E-state index contributed by atoms with van der Waals surface area (Å²) in [6.07, 6.45) is 2.83. The van der Waals surface area contributed by atoms with Gasteiger partial charge >= 0.3 is 5.97 Å². The summed E-state index contributed by atoms with van der Waals surface area (Å²) in [6.45, 7) is 1.76. The monoisotopic (exact) mass is 329 g/mol. The molecule has 0 spiro atoms. The van der Waals surface area contributed by atoms with Crippen LogP contribution in [0.4, 0.5) is 5.69 Å². The number of anilines is 1. The maximum atomic E-state index is 12.0. The van der Waals surface area contributed by atoms with Crippen molar-refractivity contribution in [2.75, 3.05) is 18.2 Å². The van der Waals surface area contributed by atoms with Crippen molar-refractivity contribution in [3.8, 4) is 0 Å². The van der Waals surface area contributed by atoms with Crippen LogP contribution in [0.25, 0.3) is 0 Å². The maximum absolute atomic E-state index is 12.0. The van der Waals surface area contributed by atoms with Crippen molar-refractivity contribution in [1.29, 1.82) is 0 Å². The first-order valence-electron chi connectivity index (χ1n) is 7.33. The zero-order valence-corrected chi connectivity index (χ0v) is 14.0. The van der Waals surface area contributed by atoms with Gasteiger partial charge in [-0.25, -0.2) is 4.79 Å². The van der Waals surface area contributed by atoms with Crippen LogP contribution >= 0.6 is 11.8 Å². The van der Waals surface area contributed by atoms with E-state index < -0.39 is 5.97 Å². The number of ether oxygens (including phenoxy) is 1. The topological polar surface area (TPSA) is 55.4 Å². The van der Waals surface area contributed by atoms with E-state index in [4.69, 9.17) is 4.74 Å². The van der Waals surface area contributed by atoms with E-state index in [0.29, 0.717) is 11.3 Å². The fraction of sp³-hybridized carbons (Fsp3) is 0.222. The van der Waals surface area contributed by atoms with Gasteiger partial charge in [0, 0.05) is 10.6 Å². The third-order valence-electron chi connectivity index (χ3n) is 3.31. The van der Waals surface area contributed by atoms with Gasteiger partial charge in [-0.05, 0) is 42.5 Å². The molecule has 0 heterocycles. The lowest BCUT2D eigenvalue weighted by atomic mass is 10.1. The highest BCUT2D eigenvalue weighted by molar-refractivity contribution is 7.98. The van der Waals surface area contributed by atoms with Crippen LogP contribution in [-0.4, -0.2) is 24.7 Å². The van der Waals surface area contributed by atoms with Gasteiger partial charge in [0.15, 0.2) is 6.61 Å². The van der Waals surface area contributed by atoms with Crippen molar-refractivity contribution in [2.45, 2.75) is 18.2 Å². The lowest BCUT2D eigenvalue weighted by Gasteiger charge is -2.09. The fourth-order valence-corrected chi connectivity index (χ4v) is 2.63. The first-order chi connectivity index (χ1) is 11.1. The lowest BCUT2D eigenvalue weighted by molar-refractivity contribution is -0.119. The lowest BCUT2D eigenvalue weighted by Crippen LogP contribution is -2.21. The van der Waals surface area contributed by atoms with Crippen LogP contribution in [0.1, 0.15) is 22.8 Å². The number of carbonyl (C=O) groups excluding carboxylic acids is 2. The first kappa shape index (κ1) is 17.1. The Morgan fingerprint density at radius 3 is 2.43 bits per heavy atom. The molecule has 0 bridgehead atoms. The minimum atomic E-state index is -0.494. The average Bonchev–Trinajstić information content (AvgIpc) is 2.60. The summed E-state index contributed by atoms with van der Waals surface area (Å²) < 4.78 is 5.09. The van der Waals surface area contributed by atoms with Gasteiger partial charge in [-0.2, -0.15) is 0 Å². The van der Waals surface area contributed by atoms with Crippen LogP contribution in [0.3, 0.4) is 0 Å². The van der Waals surface area contributed by atoms with Gasteiger partial charge in [0.1, 0.15) is 0 Å². The normalized spacial score (nSPS) is 10.2. The molecule has 0 atom stereocenters. The molecule has 0 aromatic heterocycles. The average molecular weight is 329 g/mol. The molecule has 0 radical (unpaired) electrons. The zero-order valence-electron chi connectivity index (χ0n) is 13.2. The van der Waals surface area contributed by atoms with E-state index in [1.165, 1.54) is 17.3 Å². The number of nitrogens with one attached hydrogen (secondary N) is 1. The molecular weight excluding hydrogens is 310 g/mol. The highest BCUT2D eigenvalue weighted by atomic mass is 32.2. The Labute approximate surface area is 140 Å². The predicted molar refractivity (Wildman–Crippen MR) is 93.0 cm³/mol. The Balaban J connectivity index is 1.89. The van der Waals surface area contributed by atoms with Crippen molar-refractivity contribution >= 4 is 29.3 Å². The highest BCUT2D eigenvalue weighted by Gasteiger charge is 2.13. The third kappa shape index (κ3) is 4.86. The largest absolute Gasteiger partial charge is 0.452 e. The molecule has 0 aliphatic carbocycles. The van der Waals surface area contributed by atoms with Gasteiger partial charge in [0.2, 0.25) is 0 Å². The standard InChI is InChI=1S/C18H19NO3S/c1-3-13-8-10-14(11-9-13)19-17(20)12-22-18(21)15-6-4-5-7-16(15)23-2/h4-11H,3,12H2,1-2H3,(H,19,20). The number of carbonyl (C=O) groups is 2. The minimum absolute atomic E-state index is 0.308. The van der Waals surface area contributed by atoms with E-state index in [9.17, 15) is 9.59 Å². The summed E-state index contributed by atoms with van der Waals surface area (Å²) in [4.78, 5) is 24.7. The number of amides is 1. The molecule has 0 saturated carbocycles. The number of hydrogen-bond donors (Lipinski definition) is 1. The number of aryl methyl sites for hydroxylation is 1. The maximum Gasteiger partial charge on any atom is 0.339 e. The molecule has 120 valence electrons. The van der Waals surface area contributed by atoms with E-state index in [-0.39, 0.29) is 12.5 Å². The predicted octanol–water partition coefficient (Wildman–Crippen LogP) is 3.77. The van der Waals surface area contributed by atoms with Gasteiger partial charge in [0.25, 0.3) is 5.91 Å². The van der Waals surface area contributed by atoms with E-state index in [1.807, 2.05) is 42.7 Å².